The Morgan fingerprint density at radius 3 is 2.33 bits per heavy atom. The number of aliphatic hydroxyl groups is 1. The van der Waals surface area contributed by atoms with Crippen molar-refractivity contribution < 1.29 is 33.8 Å². The van der Waals surface area contributed by atoms with Gasteiger partial charge < -0.3 is 29.7 Å². The lowest BCUT2D eigenvalue weighted by Gasteiger charge is -2.42. The Labute approximate surface area is 308 Å². The Morgan fingerprint density at radius 2 is 1.71 bits per heavy atom. The second-order valence-corrected chi connectivity index (χ2v) is 15.2. The topological polar surface area (TPSA) is 125 Å². The van der Waals surface area contributed by atoms with Crippen molar-refractivity contribution in [2.45, 2.75) is 92.1 Å². The summed E-state index contributed by atoms with van der Waals surface area (Å²) in [6, 6.07) is 16.4. The van der Waals surface area contributed by atoms with E-state index in [9.17, 15) is 19.5 Å². The first-order chi connectivity index (χ1) is 24.7. The Bertz CT molecular complexity index is 1580. The number of carbonyl (C=O) groups is 4. The fourth-order valence-corrected chi connectivity index (χ4v) is 9.67. The first-order valence-electron chi connectivity index (χ1n) is 18.1. The van der Waals surface area contributed by atoms with Crippen LogP contribution < -0.4 is 5.32 Å². The normalized spacial score (nSPS) is 28.1. The number of aliphatic hydroxyl groups excluding tert-OH is 1. The minimum absolute atomic E-state index is 0.0200. The van der Waals surface area contributed by atoms with Gasteiger partial charge in [-0.2, -0.15) is 0 Å². The summed E-state index contributed by atoms with van der Waals surface area (Å²) >= 11 is 3.76. The zero-order chi connectivity index (χ0) is 36.1. The summed E-state index contributed by atoms with van der Waals surface area (Å²) in [6.45, 7) is 7.54. The zero-order valence-corrected chi connectivity index (χ0v) is 30.5. The number of allylic oxidation sites excluding steroid dienone is 1. The van der Waals surface area contributed by atoms with Crippen LogP contribution in [0.15, 0.2) is 86.0 Å². The molecule has 4 aliphatic rings. The Balaban J connectivity index is 1.37. The molecule has 0 radical (unpaired) electrons. The van der Waals surface area contributed by atoms with Crippen molar-refractivity contribution >= 4 is 39.6 Å². The smallest absolute Gasteiger partial charge is 0.313 e. The lowest BCUT2D eigenvalue weighted by atomic mass is 9.70. The van der Waals surface area contributed by atoms with Gasteiger partial charge in [-0.15, -0.1) is 13.2 Å². The van der Waals surface area contributed by atoms with Crippen LogP contribution in [-0.4, -0.2) is 86.9 Å². The van der Waals surface area contributed by atoms with Gasteiger partial charge in [0.25, 0.3) is 0 Å². The van der Waals surface area contributed by atoms with E-state index in [1.54, 1.807) is 12.2 Å². The summed E-state index contributed by atoms with van der Waals surface area (Å²) in [5.41, 5.74) is 0.0259. The van der Waals surface area contributed by atoms with Crippen LogP contribution in [0.1, 0.15) is 74.6 Å². The zero-order valence-electron chi connectivity index (χ0n) is 28.9. The van der Waals surface area contributed by atoms with Crippen molar-refractivity contribution in [3.05, 3.63) is 97.1 Å². The van der Waals surface area contributed by atoms with E-state index >= 15 is 4.79 Å². The van der Waals surface area contributed by atoms with Crippen molar-refractivity contribution in [1.29, 1.82) is 0 Å². The third-order valence-corrected chi connectivity index (χ3v) is 11.9. The molecule has 4 fully saturated rings. The van der Waals surface area contributed by atoms with E-state index in [4.69, 9.17) is 9.47 Å². The number of nitrogens with one attached hydrogen (secondary N) is 1. The van der Waals surface area contributed by atoms with Gasteiger partial charge in [0, 0.05) is 23.8 Å². The van der Waals surface area contributed by atoms with Crippen molar-refractivity contribution in [1.82, 2.24) is 15.1 Å². The molecule has 2 aromatic carbocycles. The molecular formula is C40H48BrN3O7. The summed E-state index contributed by atoms with van der Waals surface area (Å²) in [5.74, 6) is -3.57. The number of nitrogens with zero attached hydrogens (tertiary/aromatic N) is 2. The largest absolute Gasteiger partial charge is 0.455 e. The Morgan fingerprint density at radius 1 is 1.04 bits per heavy atom. The molecule has 3 amide bonds. The van der Waals surface area contributed by atoms with Gasteiger partial charge in [-0.05, 0) is 36.8 Å². The van der Waals surface area contributed by atoms with Crippen molar-refractivity contribution in [2.75, 3.05) is 19.7 Å². The van der Waals surface area contributed by atoms with Gasteiger partial charge in [0.15, 0.2) is 0 Å². The van der Waals surface area contributed by atoms with Crippen LogP contribution in [0.25, 0.3) is 0 Å². The molecule has 1 unspecified atom stereocenters. The van der Waals surface area contributed by atoms with Gasteiger partial charge in [0.2, 0.25) is 17.7 Å². The second kappa shape index (κ2) is 16.3. The Kier molecular flexibility index (Phi) is 11.8. The number of likely N-dealkylation sites (tertiary alicyclic amines) is 1. The third-order valence-electron chi connectivity index (χ3n) is 11.0. The molecule has 2 N–H and O–H groups in total. The van der Waals surface area contributed by atoms with Crippen LogP contribution in [-0.2, 0) is 28.7 Å². The highest BCUT2D eigenvalue weighted by atomic mass is 79.9. The van der Waals surface area contributed by atoms with Crippen LogP contribution in [0.5, 0.6) is 0 Å². The molecule has 1 aliphatic carbocycles. The van der Waals surface area contributed by atoms with Crippen molar-refractivity contribution in [3.8, 4) is 0 Å². The quantitative estimate of drug-likeness (QED) is 0.146. The van der Waals surface area contributed by atoms with Crippen LogP contribution in [0, 0.1) is 11.8 Å². The summed E-state index contributed by atoms with van der Waals surface area (Å²) in [6.07, 6.45) is 7.73. The van der Waals surface area contributed by atoms with Gasteiger partial charge in [-0.1, -0.05) is 108 Å². The highest BCUT2D eigenvalue weighted by Gasteiger charge is 2.78. The number of fused-ring (bicyclic) bond motifs is 1. The van der Waals surface area contributed by atoms with Gasteiger partial charge >= 0.3 is 5.97 Å². The molecule has 2 aromatic rings. The fraction of sp³-hybridized carbons (Fsp3) is 0.500. The van der Waals surface area contributed by atoms with Crippen molar-refractivity contribution in [3.63, 3.8) is 0 Å². The monoisotopic (exact) mass is 761 g/mol. The van der Waals surface area contributed by atoms with E-state index in [1.807, 2.05) is 65.6 Å². The summed E-state index contributed by atoms with van der Waals surface area (Å²) in [5, 5.41) is 13.8. The van der Waals surface area contributed by atoms with Gasteiger partial charge in [-0.25, -0.2) is 0 Å². The minimum Gasteiger partial charge on any atom is -0.455 e. The molecule has 10 nitrogen and oxygen atoms in total. The fourth-order valence-electron chi connectivity index (χ4n) is 8.73. The highest BCUT2D eigenvalue weighted by Crippen LogP contribution is 2.61. The standard InChI is InChI=1S/C40H48BrN3O7/c1-3-5-21-32(46)42-24-31(27-17-11-7-12-18-27)50-39(49)33-34-37(47)44(30(25-45)26-15-9-6-10-16-26)36(40(34)23-29(41)35(33)51-40)38(48)43(22-4-2)28-19-13-8-14-20-28/h3-4,6-7,9-12,15-18,28-31,33-36,45H,1-2,5,8,13-14,19-25H2,(H,42,46)/t29?,30-,31+,33+,34-,35+,36+,40-/m1/s1. The molecule has 6 rings (SSSR count). The van der Waals surface area contributed by atoms with Crippen LogP contribution >= 0.6 is 15.9 Å². The molecule has 51 heavy (non-hydrogen) atoms. The number of amides is 3. The van der Waals surface area contributed by atoms with Crippen LogP contribution in [0.4, 0.5) is 0 Å². The molecule has 272 valence electrons. The molecule has 3 aliphatic heterocycles. The number of halogens is 1. The maximum Gasteiger partial charge on any atom is 0.313 e. The Hall–Kier alpha value is -3.80. The summed E-state index contributed by atoms with van der Waals surface area (Å²) in [7, 11) is 0. The predicted octanol–water partition coefficient (Wildman–Crippen LogP) is 5.18. The molecule has 3 heterocycles. The average Bonchev–Trinajstić information content (AvgIpc) is 3.75. The third kappa shape index (κ3) is 7.17. The molecule has 0 aromatic heterocycles. The average molecular weight is 763 g/mol. The molecule has 3 saturated heterocycles. The van der Waals surface area contributed by atoms with Gasteiger partial charge in [0.1, 0.15) is 17.7 Å². The maximum atomic E-state index is 15.1. The summed E-state index contributed by atoms with van der Waals surface area (Å²) in [4.78, 5) is 60.0. The number of rotatable bonds is 15. The lowest BCUT2D eigenvalue weighted by Crippen LogP contribution is -2.59. The molecule has 1 saturated carbocycles. The number of hydrogen-bond donors (Lipinski definition) is 2. The molecule has 11 heteroatoms. The first-order valence-corrected chi connectivity index (χ1v) is 19.0. The second-order valence-electron chi connectivity index (χ2n) is 14.1. The number of carbonyl (C=O) groups excluding carboxylic acids is 4. The van der Waals surface area contributed by atoms with Crippen LogP contribution in [0.2, 0.25) is 0 Å². The van der Waals surface area contributed by atoms with E-state index < -0.39 is 60.2 Å². The van der Waals surface area contributed by atoms with E-state index in [2.05, 4.69) is 34.4 Å². The van der Waals surface area contributed by atoms with E-state index in [1.165, 1.54) is 4.90 Å². The molecule has 8 atom stereocenters. The molecular weight excluding hydrogens is 714 g/mol. The van der Waals surface area contributed by atoms with E-state index in [0.29, 0.717) is 30.5 Å². The SMILES string of the molecule is C=CCCC(=O)NC[C@H](OC(=O)[C@@H]1[C@H]2O[C@@]3(CC2Br)[C@H](C(=O)N(CC=C)C2CCCCC2)N([C@H](CO)c2ccccc2)C(=O)[C@@H]13)c1ccccc1. The number of hydrogen-bond acceptors (Lipinski definition) is 7. The van der Waals surface area contributed by atoms with Gasteiger partial charge in [-0.3, -0.25) is 19.2 Å². The van der Waals surface area contributed by atoms with E-state index in [0.717, 1.165) is 32.1 Å². The lowest BCUT2D eigenvalue weighted by molar-refractivity contribution is -0.161. The number of esters is 1. The predicted molar refractivity (Wildman–Crippen MR) is 195 cm³/mol. The van der Waals surface area contributed by atoms with Gasteiger partial charge in [0.05, 0.1) is 37.1 Å². The van der Waals surface area contributed by atoms with Crippen LogP contribution in [0.3, 0.4) is 0 Å². The minimum atomic E-state index is -1.34. The number of ether oxygens (including phenoxy) is 2. The number of benzene rings is 2. The van der Waals surface area contributed by atoms with E-state index in [-0.39, 0.29) is 35.6 Å². The molecule has 1 spiro atoms. The van der Waals surface area contributed by atoms with Crippen molar-refractivity contribution in [2.24, 2.45) is 11.8 Å². The highest BCUT2D eigenvalue weighted by molar-refractivity contribution is 9.09. The maximum absolute atomic E-state index is 15.1. The number of alkyl halides is 1. The molecule has 2 bridgehead atoms. The first kappa shape index (κ1) is 37.0. The summed E-state index contributed by atoms with van der Waals surface area (Å²) < 4.78 is 13.0.